The number of hydrogen-bond acceptors (Lipinski definition) is 3. The van der Waals surface area contributed by atoms with E-state index >= 15 is 0 Å². The molecule has 1 saturated heterocycles. The number of nitrogens with two attached hydrogens (primary N) is 1. The van der Waals surface area contributed by atoms with Crippen LogP contribution < -0.4 is 5.73 Å². The van der Waals surface area contributed by atoms with Gasteiger partial charge in [-0.3, -0.25) is 0 Å². The first kappa shape index (κ1) is 14.2. The van der Waals surface area contributed by atoms with Crippen LogP contribution in [0.4, 0.5) is 5.69 Å². The highest BCUT2D eigenvalue weighted by atomic mass is 35.5. The molecule has 4 nitrogen and oxygen atoms in total. The Morgan fingerprint density at radius 1 is 1.25 bits per heavy atom. The molecule has 20 heavy (non-hydrogen) atoms. The molecule has 2 fully saturated rings. The van der Waals surface area contributed by atoms with Gasteiger partial charge in [-0.05, 0) is 49.3 Å². The molecule has 1 aliphatic heterocycles. The summed E-state index contributed by atoms with van der Waals surface area (Å²) in [6, 6.07) is 3.10. The highest BCUT2D eigenvalue weighted by molar-refractivity contribution is 7.89. The first-order valence-electron chi connectivity index (χ1n) is 6.95. The van der Waals surface area contributed by atoms with Crippen LogP contribution in [0.25, 0.3) is 0 Å². The van der Waals surface area contributed by atoms with E-state index in [1.807, 2.05) is 0 Å². The van der Waals surface area contributed by atoms with Crippen LogP contribution in [-0.2, 0) is 10.0 Å². The fraction of sp³-hybridized carbons (Fsp3) is 0.571. The molecule has 1 saturated carbocycles. The van der Waals surface area contributed by atoms with Crippen LogP contribution in [-0.4, -0.2) is 25.8 Å². The van der Waals surface area contributed by atoms with Crippen LogP contribution in [0.2, 0.25) is 5.02 Å². The van der Waals surface area contributed by atoms with Gasteiger partial charge < -0.3 is 5.73 Å². The van der Waals surface area contributed by atoms with Crippen LogP contribution in [0.1, 0.15) is 24.8 Å². The third-order valence-corrected chi connectivity index (χ3v) is 6.85. The van der Waals surface area contributed by atoms with Gasteiger partial charge in [-0.1, -0.05) is 18.0 Å². The molecule has 0 amide bonds. The van der Waals surface area contributed by atoms with Crippen molar-refractivity contribution in [1.29, 1.82) is 0 Å². The lowest BCUT2D eigenvalue weighted by molar-refractivity contribution is 0.445. The molecular weight excluding hydrogens is 296 g/mol. The Labute approximate surface area is 125 Å². The Hall–Kier alpha value is -0.780. The van der Waals surface area contributed by atoms with Gasteiger partial charge in [0.25, 0.3) is 0 Å². The van der Waals surface area contributed by atoms with Crippen molar-refractivity contribution in [1.82, 2.24) is 4.31 Å². The lowest BCUT2D eigenvalue weighted by Gasteiger charge is -2.19. The summed E-state index contributed by atoms with van der Waals surface area (Å²) in [6.45, 7) is 3.01. The number of nitrogens with zero attached hydrogens (tertiary/aromatic N) is 1. The van der Waals surface area contributed by atoms with E-state index in [0.717, 1.165) is 12.8 Å². The van der Waals surface area contributed by atoms with Crippen molar-refractivity contribution < 1.29 is 8.42 Å². The van der Waals surface area contributed by atoms with Crippen LogP contribution in [0.5, 0.6) is 0 Å². The zero-order valence-corrected chi connectivity index (χ0v) is 13.0. The van der Waals surface area contributed by atoms with Gasteiger partial charge in [0, 0.05) is 23.8 Å². The summed E-state index contributed by atoms with van der Waals surface area (Å²) in [5, 5.41) is 0.367. The summed E-state index contributed by atoms with van der Waals surface area (Å²) in [4.78, 5) is 0.252. The second kappa shape index (κ2) is 4.90. The molecule has 1 aromatic rings. The van der Waals surface area contributed by atoms with E-state index in [9.17, 15) is 8.42 Å². The highest BCUT2D eigenvalue weighted by Crippen LogP contribution is 2.40. The van der Waals surface area contributed by atoms with E-state index in [-0.39, 0.29) is 4.90 Å². The molecule has 1 heterocycles. The van der Waals surface area contributed by atoms with E-state index < -0.39 is 10.0 Å². The second-order valence-electron chi connectivity index (χ2n) is 5.89. The Kier molecular flexibility index (Phi) is 3.47. The number of halogens is 1. The number of benzene rings is 1. The average molecular weight is 315 g/mol. The summed E-state index contributed by atoms with van der Waals surface area (Å²) in [5.74, 6) is 1.06. The van der Waals surface area contributed by atoms with Gasteiger partial charge in [0.1, 0.15) is 0 Å². The Balaban J connectivity index is 1.97. The van der Waals surface area contributed by atoms with Crippen molar-refractivity contribution in [2.45, 2.75) is 31.1 Å². The van der Waals surface area contributed by atoms with E-state index in [1.165, 1.54) is 12.5 Å². The number of anilines is 1. The number of nitrogen functional groups attached to an aromatic ring is 1. The lowest BCUT2D eigenvalue weighted by atomic mass is 10.0. The molecule has 1 aromatic carbocycles. The molecule has 6 heteroatoms. The SMILES string of the molecule is Cc1c(N)cc(Cl)cc1S(=O)(=O)N1CC2CCCC2C1. The molecule has 0 spiro atoms. The van der Waals surface area contributed by atoms with E-state index in [0.29, 0.717) is 41.2 Å². The molecule has 0 aromatic heterocycles. The Bertz CT molecular complexity index is 633. The molecule has 2 unspecified atom stereocenters. The van der Waals surface area contributed by atoms with Crippen LogP contribution in [0, 0.1) is 18.8 Å². The first-order chi connectivity index (χ1) is 9.39. The lowest BCUT2D eigenvalue weighted by Crippen LogP contribution is -2.30. The number of hydrogen-bond donors (Lipinski definition) is 1. The third-order valence-electron chi connectivity index (χ3n) is 4.68. The van der Waals surface area contributed by atoms with Gasteiger partial charge in [0.05, 0.1) is 4.90 Å². The normalized spacial score (nSPS) is 26.9. The number of fused-ring (bicyclic) bond motifs is 1. The van der Waals surface area contributed by atoms with Crippen LogP contribution >= 0.6 is 11.6 Å². The topological polar surface area (TPSA) is 63.4 Å². The van der Waals surface area contributed by atoms with Gasteiger partial charge in [-0.2, -0.15) is 4.31 Å². The fourth-order valence-electron chi connectivity index (χ4n) is 3.47. The third kappa shape index (κ3) is 2.22. The first-order valence-corrected chi connectivity index (χ1v) is 8.77. The second-order valence-corrected chi connectivity index (χ2v) is 8.23. The van der Waals surface area contributed by atoms with Crippen LogP contribution in [0.15, 0.2) is 17.0 Å². The van der Waals surface area contributed by atoms with Crippen LogP contribution in [0.3, 0.4) is 0 Å². The summed E-state index contributed by atoms with van der Waals surface area (Å²) in [5.41, 5.74) is 6.86. The summed E-state index contributed by atoms with van der Waals surface area (Å²) >= 11 is 5.97. The molecule has 0 radical (unpaired) electrons. The highest BCUT2D eigenvalue weighted by Gasteiger charge is 2.41. The predicted octanol–water partition coefficient (Wildman–Crippen LogP) is 2.65. The van der Waals surface area contributed by atoms with E-state index in [2.05, 4.69) is 0 Å². The summed E-state index contributed by atoms with van der Waals surface area (Å²) in [6.07, 6.45) is 3.52. The summed E-state index contributed by atoms with van der Waals surface area (Å²) < 4.78 is 27.2. The standard InChI is InChI=1S/C14H19ClN2O2S/c1-9-13(16)5-12(15)6-14(9)20(18,19)17-7-10-3-2-4-11(10)8-17/h5-6,10-11H,2-4,7-8,16H2,1H3. The molecule has 2 atom stereocenters. The minimum Gasteiger partial charge on any atom is -0.398 e. The van der Waals surface area contributed by atoms with E-state index in [1.54, 1.807) is 17.3 Å². The van der Waals surface area contributed by atoms with Gasteiger partial charge >= 0.3 is 0 Å². The smallest absolute Gasteiger partial charge is 0.243 e. The maximum Gasteiger partial charge on any atom is 0.243 e. The minimum atomic E-state index is -3.49. The largest absolute Gasteiger partial charge is 0.398 e. The molecule has 2 aliphatic rings. The molecule has 110 valence electrons. The van der Waals surface area contributed by atoms with Gasteiger partial charge in [-0.15, -0.1) is 0 Å². The quantitative estimate of drug-likeness (QED) is 0.854. The number of rotatable bonds is 2. The average Bonchev–Trinajstić information content (AvgIpc) is 2.94. The molecule has 1 aliphatic carbocycles. The Morgan fingerprint density at radius 3 is 2.45 bits per heavy atom. The zero-order chi connectivity index (χ0) is 14.5. The van der Waals surface area contributed by atoms with E-state index in [4.69, 9.17) is 17.3 Å². The van der Waals surface area contributed by atoms with Crippen molar-refractivity contribution in [3.8, 4) is 0 Å². The summed E-state index contributed by atoms with van der Waals surface area (Å²) in [7, 11) is -3.49. The van der Waals surface area contributed by atoms with Crippen molar-refractivity contribution in [2.24, 2.45) is 11.8 Å². The van der Waals surface area contributed by atoms with Gasteiger partial charge in [-0.25, -0.2) is 8.42 Å². The predicted molar refractivity (Wildman–Crippen MR) is 80.2 cm³/mol. The zero-order valence-electron chi connectivity index (χ0n) is 11.5. The fourth-order valence-corrected chi connectivity index (χ4v) is 5.60. The number of sulfonamides is 1. The molecule has 0 bridgehead atoms. The van der Waals surface area contributed by atoms with Crippen molar-refractivity contribution >= 4 is 27.3 Å². The van der Waals surface area contributed by atoms with Crippen molar-refractivity contribution in [3.63, 3.8) is 0 Å². The molecule has 3 rings (SSSR count). The van der Waals surface area contributed by atoms with Gasteiger partial charge in [0.15, 0.2) is 0 Å². The molecule has 2 N–H and O–H groups in total. The van der Waals surface area contributed by atoms with Crippen molar-refractivity contribution in [2.75, 3.05) is 18.8 Å². The Morgan fingerprint density at radius 2 is 1.85 bits per heavy atom. The monoisotopic (exact) mass is 314 g/mol. The molecular formula is C14H19ClN2O2S. The maximum absolute atomic E-state index is 12.8. The minimum absolute atomic E-state index is 0.252. The van der Waals surface area contributed by atoms with Crippen molar-refractivity contribution in [3.05, 3.63) is 22.7 Å². The van der Waals surface area contributed by atoms with Gasteiger partial charge in [0.2, 0.25) is 10.0 Å². The maximum atomic E-state index is 12.8.